The van der Waals surface area contributed by atoms with Crippen molar-refractivity contribution in [2.45, 2.75) is 83.8 Å². The Morgan fingerprint density at radius 2 is 1.95 bits per heavy atom. The highest BCUT2D eigenvalue weighted by molar-refractivity contribution is 6.10. The second-order valence-corrected chi connectivity index (χ2v) is 11.8. The van der Waals surface area contributed by atoms with Crippen LogP contribution in [0.3, 0.4) is 0 Å². The van der Waals surface area contributed by atoms with Crippen molar-refractivity contribution in [1.29, 1.82) is 5.41 Å². The van der Waals surface area contributed by atoms with E-state index in [2.05, 4.69) is 36.4 Å². The smallest absolute Gasteiger partial charge is 0.407 e. The van der Waals surface area contributed by atoms with E-state index in [1.54, 1.807) is 0 Å². The molecule has 3 atom stereocenters. The number of hydrogen-bond donors (Lipinski definition) is 4. The van der Waals surface area contributed by atoms with Gasteiger partial charge in [-0.3, -0.25) is 19.9 Å². The van der Waals surface area contributed by atoms with Gasteiger partial charge in [0.1, 0.15) is 11.6 Å². The summed E-state index contributed by atoms with van der Waals surface area (Å²) in [6.07, 6.45) is 11.0. The maximum Gasteiger partial charge on any atom is 0.407 e. The van der Waals surface area contributed by atoms with Gasteiger partial charge in [0.05, 0.1) is 7.11 Å². The Morgan fingerprint density at radius 3 is 2.57 bits per heavy atom. The molecule has 3 rings (SSSR count). The zero-order valence-electron chi connectivity index (χ0n) is 25.7. The molecule has 0 unspecified atom stereocenters. The minimum absolute atomic E-state index is 0.0776. The molecular weight excluding hydrogens is 530 g/mol. The summed E-state index contributed by atoms with van der Waals surface area (Å²) in [6.45, 7) is 12.6. The first-order valence-electron chi connectivity index (χ1n) is 14.9. The van der Waals surface area contributed by atoms with Gasteiger partial charge in [-0.15, -0.1) is 0 Å². The van der Waals surface area contributed by atoms with E-state index in [4.69, 9.17) is 10.1 Å². The highest BCUT2D eigenvalue weighted by Gasteiger charge is 2.50. The van der Waals surface area contributed by atoms with Crippen molar-refractivity contribution in [3.8, 4) is 0 Å². The van der Waals surface area contributed by atoms with Gasteiger partial charge in [0.2, 0.25) is 5.91 Å². The molecule has 3 amide bonds. The summed E-state index contributed by atoms with van der Waals surface area (Å²) in [5, 5.41) is 17.6. The van der Waals surface area contributed by atoms with Crippen LogP contribution in [0.1, 0.15) is 64.0 Å². The van der Waals surface area contributed by atoms with E-state index >= 15 is 0 Å². The Balaban J connectivity index is 1.67. The second-order valence-electron chi connectivity index (χ2n) is 11.8. The quantitative estimate of drug-likeness (QED) is 0.224. The highest BCUT2D eigenvalue weighted by Crippen LogP contribution is 2.36. The summed E-state index contributed by atoms with van der Waals surface area (Å²) in [5.41, 5.74) is 1.60. The SMILES string of the molecule is C=C(/C=C\C=C/C)[C@@]1(CC(C)C)NC(=N)N(CCC[C@@H](NC(=O)[C@H](Cc2ccccc2C)NC(=O)OC)C2CC2)C1=O. The summed E-state index contributed by atoms with van der Waals surface area (Å²) in [7, 11) is 1.28. The average molecular weight is 578 g/mol. The van der Waals surface area contributed by atoms with Crippen molar-refractivity contribution in [2.24, 2.45) is 11.8 Å². The van der Waals surface area contributed by atoms with Crippen LogP contribution in [0, 0.1) is 24.2 Å². The lowest BCUT2D eigenvalue weighted by atomic mass is 9.82. The van der Waals surface area contributed by atoms with E-state index in [9.17, 15) is 14.4 Å². The summed E-state index contributed by atoms with van der Waals surface area (Å²) in [4.78, 5) is 40.8. The van der Waals surface area contributed by atoms with Gasteiger partial charge in [-0.2, -0.15) is 0 Å². The largest absolute Gasteiger partial charge is 0.453 e. The third-order valence-corrected chi connectivity index (χ3v) is 7.97. The van der Waals surface area contributed by atoms with Gasteiger partial charge in [0, 0.05) is 19.0 Å². The van der Waals surface area contributed by atoms with Crippen LogP contribution in [0.15, 0.2) is 60.7 Å². The third kappa shape index (κ3) is 8.33. The van der Waals surface area contributed by atoms with Gasteiger partial charge in [0.25, 0.3) is 5.91 Å². The number of rotatable bonds is 15. The van der Waals surface area contributed by atoms with E-state index in [0.29, 0.717) is 43.7 Å². The first kappa shape index (κ1) is 32.6. The van der Waals surface area contributed by atoms with Gasteiger partial charge in [-0.05, 0) is 74.5 Å². The van der Waals surface area contributed by atoms with Crippen LogP contribution in [0.5, 0.6) is 0 Å². The Hall–Kier alpha value is -3.88. The third-order valence-electron chi connectivity index (χ3n) is 7.97. The number of aryl methyl sites for hydroxylation is 1. The fourth-order valence-corrected chi connectivity index (χ4v) is 5.54. The summed E-state index contributed by atoms with van der Waals surface area (Å²) in [6, 6.07) is 6.91. The number of allylic oxidation sites excluding steroid dienone is 3. The Kier molecular flexibility index (Phi) is 11.5. The number of benzene rings is 1. The van der Waals surface area contributed by atoms with Crippen LogP contribution < -0.4 is 16.0 Å². The summed E-state index contributed by atoms with van der Waals surface area (Å²) in [5.74, 6) is 0.224. The molecule has 1 saturated heterocycles. The van der Waals surface area contributed by atoms with E-state index in [0.717, 1.165) is 24.0 Å². The molecule has 9 nitrogen and oxygen atoms in total. The maximum atomic E-state index is 13.8. The van der Waals surface area contributed by atoms with Crippen molar-refractivity contribution >= 4 is 23.9 Å². The molecule has 2 aliphatic rings. The number of alkyl carbamates (subject to hydrolysis) is 1. The van der Waals surface area contributed by atoms with E-state index in [1.165, 1.54) is 12.0 Å². The van der Waals surface area contributed by atoms with E-state index in [-0.39, 0.29) is 29.7 Å². The van der Waals surface area contributed by atoms with Crippen LogP contribution in [-0.2, 0) is 20.7 Å². The number of guanidine groups is 1. The Morgan fingerprint density at radius 1 is 1.24 bits per heavy atom. The van der Waals surface area contributed by atoms with Gasteiger partial charge >= 0.3 is 6.09 Å². The normalized spacial score (nSPS) is 20.2. The molecule has 42 heavy (non-hydrogen) atoms. The van der Waals surface area contributed by atoms with Gasteiger partial charge in [0.15, 0.2) is 5.96 Å². The number of carbonyl (C=O) groups is 3. The van der Waals surface area contributed by atoms with Crippen molar-refractivity contribution in [2.75, 3.05) is 13.7 Å². The fraction of sp³-hybridized carbons (Fsp3) is 0.515. The monoisotopic (exact) mass is 577 g/mol. The minimum atomic E-state index is -1.05. The molecule has 1 saturated carbocycles. The standard InChI is InChI=1S/C33H47N5O4/c1-7-8-9-14-24(5)33(21-22(2)3)30(40)38(31(34)37-33)19-12-16-27(25-17-18-25)35-29(39)28(36-32(41)42-6)20-26-15-11-10-13-23(26)4/h7-11,13-15,22,25,27-28H,5,12,16-21H2,1-4,6H3,(H2,34,37)(H,35,39)(H,36,41)/b8-7-,14-9-/t27-,28+,33-/m1/s1. The minimum Gasteiger partial charge on any atom is -0.453 e. The number of ether oxygens (including phenoxy) is 1. The van der Waals surface area contributed by atoms with Crippen LogP contribution >= 0.6 is 0 Å². The van der Waals surface area contributed by atoms with E-state index in [1.807, 2.05) is 62.4 Å². The molecule has 0 aromatic heterocycles. The molecule has 1 aliphatic heterocycles. The van der Waals surface area contributed by atoms with Crippen molar-refractivity contribution in [3.05, 3.63) is 71.8 Å². The first-order chi connectivity index (χ1) is 20.0. The number of nitrogens with zero attached hydrogens (tertiary/aromatic N) is 1. The lowest BCUT2D eigenvalue weighted by Gasteiger charge is -2.30. The lowest BCUT2D eigenvalue weighted by molar-refractivity contribution is -0.130. The lowest BCUT2D eigenvalue weighted by Crippen LogP contribution is -2.51. The Labute approximate surface area is 250 Å². The molecule has 0 radical (unpaired) electrons. The van der Waals surface area contributed by atoms with Crippen LogP contribution in [0.25, 0.3) is 0 Å². The second kappa shape index (κ2) is 14.8. The molecule has 228 valence electrons. The van der Waals surface area contributed by atoms with Gasteiger partial charge in [-0.1, -0.05) is 69.0 Å². The average Bonchev–Trinajstić information content (AvgIpc) is 3.76. The number of methoxy groups -OCH3 is 1. The first-order valence-corrected chi connectivity index (χ1v) is 14.9. The predicted octanol–water partition coefficient (Wildman–Crippen LogP) is 4.78. The van der Waals surface area contributed by atoms with Crippen molar-refractivity contribution in [3.63, 3.8) is 0 Å². The molecule has 1 heterocycles. The Bertz CT molecular complexity index is 1220. The number of carbonyl (C=O) groups excluding carboxylic acids is 3. The van der Waals surface area contributed by atoms with E-state index < -0.39 is 17.7 Å². The van der Waals surface area contributed by atoms with Crippen LogP contribution in [0.4, 0.5) is 4.79 Å². The predicted molar refractivity (Wildman–Crippen MR) is 166 cm³/mol. The summed E-state index contributed by atoms with van der Waals surface area (Å²) < 4.78 is 4.78. The molecule has 1 aromatic carbocycles. The molecular formula is C33H47N5O4. The van der Waals surface area contributed by atoms with Crippen molar-refractivity contribution < 1.29 is 19.1 Å². The summed E-state index contributed by atoms with van der Waals surface area (Å²) >= 11 is 0. The van der Waals surface area contributed by atoms with Gasteiger partial charge < -0.3 is 20.7 Å². The molecule has 1 aromatic rings. The number of nitrogens with one attached hydrogen (secondary N) is 4. The van der Waals surface area contributed by atoms with Crippen molar-refractivity contribution in [1.82, 2.24) is 20.9 Å². The molecule has 0 spiro atoms. The molecule has 4 N–H and O–H groups in total. The zero-order valence-corrected chi connectivity index (χ0v) is 25.7. The molecule has 1 aliphatic carbocycles. The van der Waals surface area contributed by atoms with Crippen LogP contribution in [-0.4, -0.2) is 60.0 Å². The number of hydrogen-bond acceptors (Lipinski definition) is 5. The van der Waals surface area contributed by atoms with Crippen LogP contribution in [0.2, 0.25) is 0 Å². The van der Waals surface area contributed by atoms with Gasteiger partial charge in [-0.25, -0.2) is 4.79 Å². The highest BCUT2D eigenvalue weighted by atomic mass is 16.5. The topological polar surface area (TPSA) is 124 Å². The zero-order chi connectivity index (χ0) is 30.9. The fourth-order valence-electron chi connectivity index (χ4n) is 5.54. The molecule has 2 fully saturated rings. The molecule has 0 bridgehead atoms. The molecule has 9 heteroatoms. The maximum absolute atomic E-state index is 13.8. The number of amides is 3.